The monoisotopic (exact) mass is 1510 g/mol. The Kier molecular flexibility index (Phi) is 45.7. The molecule has 28 atom stereocenters. The lowest BCUT2D eigenvalue weighted by atomic mass is 9.90. The van der Waals surface area contributed by atoms with Gasteiger partial charge < -0.3 is 178 Å². The Balaban J connectivity index is 0.00000120. The Morgan fingerprint density at radius 1 is 0.483 bits per heavy atom. The Morgan fingerprint density at radius 2 is 0.851 bits per heavy atom. The van der Waals surface area contributed by atoms with Crippen LogP contribution in [-0.2, 0) is 47.5 Å². The molecule has 5 aliphatic heterocycles. The van der Waals surface area contributed by atoms with Crippen molar-refractivity contribution in [3.05, 3.63) is 0 Å². The van der Waals surface area contributed by atoms with Crippen molar-refractivity contribution in [3.8, 4) is 0 Å². The van der Waals surface area contributed by atoms with Crippen molar-refractivity contribution < 1.29 is 165 Å². The average molecular weight is 1510 g/mol. The minimum absolute atomic E-state index is 0.0590. The summed E-state index contributed by atoms with van der Waals surface area (Å²) in [6, 6.07) is 0. The van der Waals surface area contributed by atoms with E-state index in [4.69, 9.17) is 75.5 Å². The number of hydrogen-bond donors (Lipinski definition) is 27. The molecule has 28 unspecified atom stereocenters. The van der Waals surface area contributed by atoms with Crippen molar-refractivity contribution in [2.75, 3.05) is 105 Å². The van der Waals surface area contributed by atoms with E-state index in [9.17, 15) is 107 Å². The highest BCUT2D eigenvalue weighted by Crippen LogP contribution is 2.29. The van der Waals surface area contributed by atoms with E-state index in [1.807, 2.05) is 13.8 Å². The van der Waals surface area contributed by atoms with E-state index in [-0.39, 0.29) is 46.1 Å². The predicted molar refractivity (Wildman–Crippen MR) is 308 cm³/mol. The number of esters is 1. The normalized spacial score (nSPS) is 38.0. The molecular weight excluding hydrogens is 1410 g/mol. The smallest absolute Gasteiger partial charge is 0.338 e. The summed E-state index contributed by atoms with van der Waals surface area (Å²) in [5.74, 6) is -5.02. The van der Waals surface area contributed by atoms with Crippen molar-refractivity contribution in [3.63, 3.8) is 0 Å². The van der Waals surface area contributed by atoms with E-state index in [1.54, 1.807) is 0 Å². The molecule has 0 bridgehead atoms. The van der Waals surface area contributed by atoms with E-state index in [0.29, 0.717) is 13.1 Å². The first kappa shape index (κ1) is 86.1. The third kappa shape index (κ3) is 26.1. The number of amides is 1. The van der Waals surface area contributed by atoms with Gasteiger partial charge in [-0.3, -0.25) is 4.79 Å². The van der Waals surface area contributed by atoms with E-state index < -0.39 is 229 Å². The first-order valence-electron chi connectivity index (χ1n) is 27.5. The van der Waals surface area contributed by atoms with Gasteiger partial charge in [-0.1, -0.05) is 13.8 Å². The van der Waals surface area contributed by atoms with Crippen molar-refractivity contribution in [1.82, 2.24) is 5.32 Å². The summed E-state index contributed by atoms with van der Waals surface area (Å²) >= 11 is 4.24. The Labute approximate surface area is 524 Å². The molecule has 5 saturated heterocycles. The van der Waals surface area contributed by atoms with Gasteiger partial charge in [-0.05, 0) is 0 Å². The van der Waals surface area contributed by atoms with Crippen LogP contribution in [0.2, 0.25) is 0 Å². The fourth-order valence-electron chi connectivity index (χ4n) is 8.84. The first-order chi connectivity index (χ1) is 41.2. The highest BCUT2D eigenvalue weighted by atomic mass is 128. The molecule has 520 valence electrons. The largest absolute Gasteiger partial charge is 0.457 e. The van der Waals surface area contributed by atoms with Crippen molar-refractivity contribution in [2.24, 2.45) is 35.0 Å². The Hall–Kier alpha value is -0.920. The number of ether oxygens (including phenoxy) is 8. The molecule has 0 aromatic carbocycles. The molecule has 0 aliphatic carbocycles. The first-order valence-corrected chi connectivity index (χ1v) is 33.8. The zero-order valence-electron chi connectivity index (χ0n) is 47.8. The molecule has 0 aromatic heterocycles. The second-order valence-electron chi connectivity index (χ2n) is 19.9. The van der Waals surface area contributed by atoms with E-state index in [1.165, 1.54) is 0 Å². The predicted octanol–water partition coefficient (Wildman–Crippen LogP) is -14.7. The van der Waals surface area contributed by atoms with Gasteiger partial charge in [-0.15, -0.1) is 0 Å². The van der Waals surface area contributed by atoms with Gasteiger partial charge in [0.1, 0.15) is 104 Å². The lowest BCUT2D eigenvalue weighted by Crippen LogP contribution is -2.60. The van der Waals surface area contributed by atoms with Gasteiger partial charge in [0.15, 0.2) is 18.5 Å². The Bertz CT molecular complexity index is 1770. The molecule has 0 radical (unpaired) electrons. The van der Waals surface area contributed by atoms with Crippen molar-refractivity contribution >= 4 is 49.1 Å². The van der Waals surface area contributed by atoms with Gasteiger partial charge in [0.2, 0.25) is 0 Å². The second-order valence-corrected chi connectivity index (χ2v) is 19.9. The lowest BCUT2D eigenvalue weighted by Gasteiger charge is -2.41. The van der Waals surface area contributed by atoms with Crippen LogP contribution in [0.1, 0.15) is 13.8 Å². The van der Waals surface area contributed by atoms with Crippen LogP contribution in [0, 0.1) is 17.8 Å². The highest BCUT2D eigenvalue weighted by Gasteiger charge is 2.49. The summed E-state index contributed by atoms with van der Waals surface area (Å²) < 4.78 is 41.5. The minimum Gasteiger partial charge on any atom is -0.457 e. The summed E-state index contributed by atoms with van der Waals surface area (Å²) in [5.41, 5.74) is 15.0. The molecule has 0 saturated carbocycles. The lowest BCUT2D eigenvalue weighted by molar-refractivity contribution is -0.282. The quantitative estimate of drug-likeness (QED) is 0.0298. The van der Waals surface area contributed by atoms with E-state index >= 15 is 0 Å². The number of aliphatic hydroxyl groups excluding tert-OH is 23. The number of cyclic esters (lactones) is 1. The molecule has 5 rings (SSSR count). The van der Waals surface area contributed by atoms with Gasteiger partial charge in [-0.25, -0.2) is 4.79 Å². The third-order valence-electron chi connectivity index (χ3n) is 14.1. The molecule has 30 N–H and O–H groups in total. The minimum atomic E-state index is -1.93. The van der Waals surface area contributed by atoms with Crippen LogP contribution < -0.4 is 22.5 Å². The van der Waals surface area contributed by atoms with Crippen LogP contribution in [0.15, 0.2) is 0 Å². The van der Waals surface area contributed by atoms with Gasteiger partial charge >= 0.3 is 5.97 Å². The van der Waals surface area contributed by atoms with Gasteiger partial charge in [0.05, 0.1) is 116 Å². The third-order valence-corrected chi connectivity index (χ3v) is 14.1. The number of carbonyl (C=O) groups is 2. The Morgan fingerprint density at radius 3 is 1.21 bits per heavy atom. The molecule has 37 nitrogen and oxygen atoms in total. The van der Waals surface area contributed by atoms with Crippen LogP contribution in [0.5, 0.6) is 0 Å². The van der Waals surface area contributed by atoms with Crippen LogP contribution in [0.3, 0.4) is 0 Å². The maximum atomic E-state index is 11.8. The molecule has 39 heteroatoms. The number of aliphatic hydroxyl groups is 23. The SMILES string of the molecule is CC.II.NCCN.NCCNC(=O)C(O)C(O)C(COCC1OC(CO)C(O)C(O)C1O)C(O)CO.O=C1OC(CO)C(COCC2OC(CO)C(O)C(O)C2O)C(O)C1O.OCC1OC(COCC2C(CO)OC(O)C(O)C2O)C(O)C(O)C1O. The van der Waals surface area contributed by atoms with E-state index in [2.05, 4.69) is 42.5 Å². The zero-order chi connectivity index (χ0) is 67.0. The van der Waals surface area contributed by atoms with Crippen LogP contribution >= 0.6 is 37.2 Å². The van der Waals surface area contributed by atoms with Crippen LogP contribution in [0.25, 0.3) is 0 Å². The van der Waals surface area contributed by atoms with Gasteiger partial charge in [0, 0.05) is 75.2 Å². The molecule has 0 spiro atoms. The number of rotatable bonds is 25. The molecular formula is C48H96I2N4O33. The van der Waals surface area contributed by atoms with Crippen molar-refractivity contribution in [2.45, 2.75) is 167 Å². The molecule has 5 fully saturated rings. The maximum absolute atomic E-state index is 11.8. The van der Waals surface area contributed by atoms with Crippen molar-refractivity contribution in [1.29, 1.82) is 0 Å². The molecule has 5 aliphatic rings. The maximum Gasteiger partial charge on any atom is 0.338 e. The van der Waals surface area contributed by atoms with Gasteiger partial charge in [0.25, 0.3) is 5.91 Å². The summed E-state index contributed by atoms with van der Waals surface area (Å²) in [5, 5.41) is 224. The number of nitrogens with two attached hydrogens (primary N) is 3. The van der Waals surface area contributed by atoms with Crippen LogP contribution in [-0.4, -0.2) is 388 Å². The average Bonchev–Trinajstić information content (AvgIpc) is 2.96. The second kappa shape index (κ2) is 46.2. The zero-order valence-corrected chi connectivity index (χ0v) is 52.2. The van der Waals surface area contributed by atoms with Crippen LogP contribution in [0.4, 0.5) is 0 Å². The number of hydrogen-bond acceptors (Lipinski definition) is 36. The van der Waals surface area contributed by atoms with E-state index in [0.717, 1.165) is 0 Å². The fourth-order valence-corrected chi connectivity index (χ4v) is 8.84. The summed E-state index contributed by atoms with van der Waals surface area (Å²) in [6.45, 7) is -0.0761. The van der Waals surface area contributed by atoms with Gasteiger partial charge in [-0.2, -0.15) is 0 Å². The topological polar surface area (TPSA) is 663 Å². The summed E-state index contributed by atoms with van der Waals surface area (Å²) in [4.78, 5) is 23.1. The summed E-state index contributed by atoms with van der Waals surface area (Å²) in [7, 11) is 0. The number of halogens is 2. The number of carbonyl (C=O) groups excluding carboxylic acids is 2. The summed E-state index contributed by atoms with van der Waals surface area (Å²) in [6.07, 6.45) is -35.3. The molecule has 0 aromatic rings. The molecule has 1 amide bonds. The standard InChI is InChI=1S/C16H32N2O11.C14H26O11.C14H24O11.C2H8N2.C2H6.I2/c17-1-2-18-16(27)15(26)11(22)7(8(21)3-19)5-28-6-10-13(24)14(25)12(23)9(4-20)29-10;2*15-1-6-5(9(17)13(21)14(22)25-6)3-23-4-8-11(19)12(20)10(18)7(2-16)24-8;3-1-2-4;2*1-2/h7-15,19-26H,1-6,17H2,(H,18,27);5-22H,1-4H2;5-13,15-21H,1-4H2;1-4H2;1-2H3;. The molecule has 87 heavy (non-hydrogen) atoms. The molecule has 5 heterocycles. The highest BCUT2D eigenvalue weighted by molar-refractivity contribution is 15.0. The fraction of sp³-hybridized carbons (Fsp3) is 0.958. The number of nitrogens with one attached hydrogen (secondary N) is 1.